The van der Waals surface area contributed by atoms with Crippen molar-refractivity contribution in [2.45, 2.75) is 38.8 Å². The molecule has 0 N–H and O–H groups in total. The van der Waals surface area contributed by atoms with E-state index in [1.165, 1.54) is 4.88 Å². The van der Waals surface area contributed by atoms with Gasteiger partial charge in [-0.2, -0.15) is 0 Å². The number of ether oxygens (including phenoxy) is 2. The minimum absolute atomic E-state index is 0.00580. The van der Waals surface area contributed by atoms with Crippen molar-refractivity contribution in [3.63, 3.8) is 0 Å². The largest absolute Gasteiger partial charge is 0.454 e. The van der Waals surface area contributed by atoms with E-state index in [-0.39, 0.29) is 37.2 Å². The first-order valence-electron chi connectivity index (χ1n) is 11.8. The number of amides is 2. The highest BCUT2D eigenvalue weighted by Gasteiger charge is 2.35. The molecule has 182 valence electrons. The number of hydrogen-bond acceptors (Lipinski definition) is 5. The summed E-state index contributed by atoms with van der Waals surface area (Å²) in [5, 5.41) is 2.74. The number of benzene rings is 2. The van der Waals surface area contributed by atoms with E-state index in [1.54, 1.807) is 34.4 Å². The van der Waals surface area contributed by atoms with Gasteiger partial charge in [0.15, 0.2) is 11.5 Å². The highest BCUT2D eigenvalue weighted by atomic mass is 35.5. The maximum absolute atomic E-state index is 13.8. The predicted octanol–water partition coefficient (Wildman–Crippen LogP) is 5.55. The Hall–Kier alpha value is -3.03. The number of fused-ring (bicyclic) bond motifs is 2. The number of nitrogens with zero attached hydrogens (tertiary/aromatic N) is 2. The number of carbonyl (C=O) groups is 2. The molecule has 2 amide bonds. The fourth-order valence-corrected chi connectivity index (χ4v) is 5.70. The van der Waals surface area contributed by atoms with E-state index in [1.807, 2.05) is 43.0 Å². The predicted molar refractivity (Wildman–Crippen MR) is 136 cm³/mol. The molecule has 0 fully saturated rings. The summed E-state index contributed by atoms with van der Waals surface area (Å²) in [6.45, 7) is 4.75. The van der Waals surface area contributed by atoms with Crippen LogP contribution in [0.4, 0.5) is 0 Å². The van der Waals surface area contributed by atoms with Gasteiger partial charge >= 0.3 is 0 Å². The zero-order chi connectivity index (χ0) is 24.5. The van der Waals surface area contributed by atoms with Crippen LogP contribution in [0.25, 0.3) is 0 Å². The van der Waals surface area contributed by atoms with Gasteiger partial charge in [0.25, 0.3) is 5.91 Å². The topological polar surface area (TPSA) is 59.1 Å². The summed E-state index contributed by atoms with van der Waals surface area (Å²) in [5.74, 6) is 0.909. The highest BCUT2D eigenvalue weighted by molar-refractivity contribution is 7.10. The molecule has 0 spiro atoms. The van der Waals surface area contributed by atoms with Crippen LogP contribution in [0, 0.1) is 0 Å². The van der Waals surface area contributed by atoms with E-state index < -0.39 is 0 Å². The molecule has 2 unspecified atom stereocenters. The Morgan fingerprint density at radius 2 is 1.91 bits per heavy atom. The summed E-state index contributed by atoms with van der Waals surface area (Å²) in [6, 6.07) is 14.6. The van der Waals surface area contributed by atoms with Gasteiger partial charge in [-0.05, 0) is 72.7 Å². The molecule has 6 nitrogen and oxygen atoms in total. The van der Waals surface area contributed by atoms with Crippen molar-refractivity contribution in [1.29, 1.82) is 0 Å². The third kappa shape index (κ3) is 4.62. The quantitative estimate of drug-likeness (QED) is 0.436. The van der Waals surface area contributed by atoms with Crippen molar-refractivity contribution in [3.8, 4) is 11.5 Å². The first kappa shape index (κ1) is 23.7. The number of halogens is 1. The summed E-state index contributed by atoms with van der Waals surface area (Å²) in [5.41, 5.74) is 2.64. The molecule has 0 bridgehead atoms. The van der Waals surface area contributed by atoms with Crippen molar-refractivity contribution in [1.82, 2.24) is 9.80 Å². The standard InChI is InChI=1S/C27H27ClN2O4S/c1-3-17(2)30(27(32)19-6-9-22-23(14-19)34-16-33-22)15-25(31)29-12-10-24-21(11-13-35-24)26(29)18-4-7-20(28)8-5-18/h4-9,11,13-14,17,26H,3,10,12,15-16H2,1-2H3. The third-order valence-electron chi connectivity index (χ3n) is 6.78. The Labute approximate surface area is 214 Å². The average Bonchev–Trinajstić information content (AvgIpc) is 3.55. The van der Waals surface area contributed by atoms with Gasteiger partial charge in [0.05, 0.1) is 6.04 Å². The summed E-state index contributed by atoms with van der Waals surface area (Å²) in [7, 11) is 0. The van der Waals surface area contributed by atoms with Crippen LogP contribution in [0.15, 0.2) is 53.9 Å². The van der Waals surface area contributed by atoms with E-state index in [9.17, 15) is 9.59 Å². The summed E-state index contributed by atoms with van der Waals surface area (Å²) < 4.78 is 10.8. The normalized spacial score (nSPS) is 17.1. The molecule has 5 rings (SSSR count). The third-order valence-corrected chi connectivity index (χ3v) is 8.03. The van der Waals surface area contributed by atoms with Crippen LogP contribution >= 0.6 is 22.9 Å². The van der Waals surface area contributed by atoms with Gasteiger partial charge in [0.2, 0.25) is 12.7 Å². The molecule has 0 radical (unpaired) electrons. The maximum atomic E-state index is 13.8. The molecule has 3 heterocycles. The van der Waals surface area contributed by atoms with E-state index in [2.05, 4.69) is 11.4 Å². The molecule has 2 aliphatic rings. The molecule has 2 atom stereocenters. The van der Waals surface area contributed by atoms with Crippen molar-refractivity contribution < 1.29 is 19.1 Å². The molecule has 2 aliphatic heterocycles. The van der Waals surface area contributed by atoms with Crippen molar-refractivity contribution >= 4 is 34.8 Å². The second-order valence-electron chi connectivity index (χ2n) is 8.85. The van der Waals surface area contributed by atoms with Crippen LogP contribution in [0.2, 0.25) is 5.02 Å². The van der Waals surface area contributed by atoms with E-state index in [0.29, 0.717) is 28.6 Å². The van der Waals surface area contributed by atoms with Crippen LogP contribution in [0.3, 0.4) is 0 Å². The van der Waals surface area contributed by atoms with Crippen molar-refractivity contribution in [3.05, 3.63) is 80.5 Å². The van der Waals surface area contributed by atoms with Gasteiger partial charge in [-0.25, -0.2) is 0 Å². The van der Waals surface area contributed by atoms with Crippen LogP contribution in [0.1, 0.15) is 52.7 Å². The molecular weight excluding hydrogens is 484 g/mol. The smallest absolute Gasteiger partial charge is 0.254 e. The molecule has 0 saturated carbocycles. The zero-order valence-corrected chi connectivity index (χ0v) is 21.3. The average molecular weight is 511 g/mol. The second-order valence-corrected chi connectivity index (χ2v) is 10.3. The first-order chi connectivity index (χ1) is 17.0. The van der Waals surface area contributed by atoms with E-state index in [0.717, 1.165) is 24.0 Å². The van der Waals surface area contributed by atoms with E-state index >= 15 is 0 Å². The number of hydrogen-bond donors (Lipinski definition) is 0. The Morgan fingerprint density at radius 1 is 1.14 bits per heavy atom. The SMILES string of the molecule is CCC(C)N(CC(=O)N1CCc2sccc2C1c1ccc(Cl)cc1)C(=O)c1ccc2c(c1)OCO2. The first-order valence-corrected chi connectivity index (χ1v) is 13.0. The second kappa shape index (κ2) is 9.91. The highest BCUT2D eigenvalue weighted by Crippen LogP contribution is 2.38. The maximum Gasteiger partial charge on any atom is 0.254 e. The number of thiophene rings is 1. The summed E-state index contributed by atoms with van der Waals surface area (Å²) in [6.07, 6.45) is 1.54. The lowest BCUT2D eigenvalue weighted by molar-refractivity contribution is -0.134. The lowest BCUT2D eigenvalue weighted by atomic mass is 9.93. The summed E-state index contributed by atoms with van der Waals surface area (Å²) >= 11 is 7.86. The number of rotatable bonds is 6. The molecule has 2 aromatic carbocycles. The Morgan fingerprint density at radius 3 is 2.69 bits per heavy atom. The fraction of sp³-hybridized carbons (Fsp3) is 0.333. The lowest BCUT2D eigenvalue weighted by Gasteiger charge is -2.38. The molecular formula is C27H27ClN2O4S. The zero-order valence-electron chi connectivity index (χ0n) is 19.7. The molecule has 0 aliphatic carbocycles. The monoisotopic (exact) mass is 510 g/mol. The molecule has 3 aromatic rings. The van der Waals surface area contributed by atoms with E-state index in [4.69, 9.17) is 21.1 Å². The van der Waals surface area contributed by atoms with Crippen LogP contribution < -0.4 is 9.47 Å². The molecule has 8 heteroatoms. The Balaban J connectivity index is 1.43. The minimum atomic E-state index is -0.200. The van der Waals surface area contributed by atoms with Gasteiger partial charge < -0.3 is 19.3 Å². The van der Waals surface area contributed by atoms with Crippen molar-refractivity contribution in [2.24, 2.45) is 0 Å². The Bertz CT molecular complexity index is 1240. The van der Waals surface area contributed by atoms with Gasteiger partial charge in [-0.1, -0.05) is 30.7 Å². The van der Waals surface area contributed by atoms with Crippen LogP contribution in [-0.2, 0) is 11.2 Å². The fourth-order valence-electron chi connectivity index (χ4n) is 4.67. The van der Waals surface area contributed by atoms with Gasteiger partial charge in [0, 0.05) is 28.0 Å². The molecule has 0 saturated heterocycles. The van der Waals surface area contributed by atoms with Gasteiger partial charge in [0.1, 0.15) is 6.54 Å². The van der Waals surface area contributed by atoms with Crippen LogP contribution in [0.5, 0.6) is 11.5 Å². The van der Waals surface area contributed by atoms with Gasteiger partial charge in [-0.3, -0.25) is 9.59 Å². The molecule has 35 heavy (non-hydrogen) atoms. The minimum Gasteiger partial charge on any atom is -0.454 e. The Kier molecular flexibility index (Phi) is 6.71. The lowest BCUT2D eigenvalue weighted by Crippen LogP contribution is -2.49. The van der Waals surface area contributed by atoms with Crippen molar-refractivity contribution in [2.75, 3.05) is 19.9 Å². The molecule has 1 aromatic heterocycles. The van der Waals surface area contributed by atoms with Gasteiger partial charge in [-0.15, -0.1) is 11.3 Å². The number of carbonyl (C=O) groups excluding carboxylic acids is 2. The summed E-state index contributed by atoms with van der Waals surface area (Å²) in [4.78, 5) is 32.2. The van der Waals surface area contributed by atoms with Crippen LogP contribution in [-0.4, -0.2) is 47.5 Å².